The lowest BCUT2D eigenvalue weighted by Gasteiger charge is -2.22. The van der Waals surface area contributed by atoms with E-state index in [4.69, 9.17) is 0 Å². The van der Waals surface area contributed by atoms with E-state index in [0.29, 0.717) is 17.0 Å². The van der Waals surface area contributed by atoms with E-state index >= 15 is 0 Å². The molecular formula is C21H21F2N3O. The first-order chi connectivity index (χ1) is 13.0. The van der Waals surface area contributed by atoms with E-state index in [0.717, 1.165) is 35.5 Å². The number of hydrogen-bond donors (Lipinski definition) is 0. The highest BCUT2D eigenvalue weighted by atomic mass is 19.1. The molecule has 140 valence electrons. The number of nitrogens with zero attached hydrogens (tertiary/aromatic N) is 3. The summed E-state index contributed by atoms with van der Waals surface area (Å²) in [5.41, 5.74) is 2.26. The highest BCUT2D eigenvalue weighted by Gasteiger charge is 2.22. The summed E-state index contributed by atoms with van der Waals surface area (Å²) >= 11 is 0. The molecule has 1 saturated carbocycles. The number of benzene rings is 1. The summed E-state index contributed by atoms with van der Waals surface area (Å²) in [5, 5.41) is 9.33. The van der Waals surface area contributed by atoms with Gasteiger partial charge in [-0.05, 0) is 30.5 Å². The van der Waals surface area contributed by atoms with Crippen molar-refractivity contribution in [2.45, 2.75) is 44.4 Å². The number of rotatable bonds is 3. The predicted octanol–water partition coefficient (Wildman–Crippen LogP) is 4.25. The van der Waals surface area contributed by atoms with Crippen LogP contribution in [0.1, 0.15) is 54.8 Å². The number of aromatic nitrogens is 3. The van der Waals surface area contributed by atoms with Crippen molar-refractivity contribution < 1.29 is 8.78 Å². The van der Waals surface area contributed by atoms with E-state index in [9.17, 15) is 13.6 Å². The van der Waals surface area contributed by atoms with E-state index in [2.05, 4.69) is 10.2 Å². The van der Waals surface area contributed by atoms with Gasteiger partial charge in [-0.25, -0.2) is 8.78 Å². The maximum Gasteiger partial charge on any atom is 0.254 e. The fourth-order valence-electron chi connectivity index (χ4n) is 4.10. The molecule has 1 aliphatic carbocycles. The zero-order valence-electron chi connectivity index (χ0n) is 15.2. The third-order valence-electron chi connectivity index (χ3n) is 5.51. The van der Waals surface area contributed by atoms with E-state index in [-0.39, 0.29) is 12.0 Å². The Balaban J connectivity index is 1.80. The standard InChI is InChI=1S/C21H21F2N3O/c1-26-20-16(12-24-25-19(20)13-5-3-2-4-6-13)10-15(21(26)27)9-14-7-8-17(22)11-18(14)23/h7-8,10-13H,2-6,9H2,1H3. The van der Waals surface area contributed by atoms with Crippen molar-refractivity contribution >= 4 is 10.9 Å². The van der Waals surface area contributed by atoms with Crippen LogP contribution in [0.15, 0.2) is 35.3 Å². The van der Waals surface area contributed by atoms with E-state index in [1.54, 1.807) is 23.9 Å². The van der Waals surface area contributed by atoms with Crippen molar-refractivity contribution in [1.82, 2.24) is 14.8 Å². The molecule has 4 nitrogen and oxygen atoms in total. The summed E-state index contributed by atoms with van der Waals surface area (Å²) in [6.07, 6.45) is 7.44. The molecule has 0 spiro atoms. The summed E-state index contributed by atoms with van der Waals surface area (Å²) in [6.45, 7) is 0. The van der Waals surface area contributed by atoms with Crippen LogP contribution in [0.3, 0.4) is 0 Å². The fraction of sp³-hybridized carbons (Fsp3) is 0.381. The maximum absolute atomic E-state index is 14.0. The first-order valence-corrected chi connectivity index (χ1v) is 9.32. The minimum Gasteiger partial charge on any atom is -0.309 e. The van der Waals surface area contributed by atoms with Crippen molar-refractivity contribution in [3.8, 4) is 0 Å². The van der Waals surface area contributed by atoms with Gasteiger partial charge in [-0.3, -0.25) is 4.79 Å². The molecule has 1 aromatic carbocycles. The molecule has 0 unspecified atom stereocenters. The van der Waals surface area contributed by atoms with Gasteiger partial charge in [0.25, 0.3) is 5.56 Å². The molecule has 3 aromatic rings. The molecule has 0 radical (unpaired) electrons. The number of fused-ring (bicyclic) bond motifs is 1. The van der Waals surface area contributed by atoms with Gasteiger partial charge in [0.15, 0.2) is 0 Å². The van der Waals surface area contributed by atoms with Crippen LogP contribution >= 0.6 is 0 Å². The second-order valence-corrected chi connectivity index (χ2v) is 7.31. The molecule has 27 heavy (non-hydrogen) atoms. The van der Waals surface area contributed by atoms with Crippen LogP contribution in [0, 0.1) is 11.6 Å². The molecule has 1 aliphatic rings. The van der Waals surface area contributed by atoms with E-state index in [1.807, 2.05) is 0 Å². The van der Waals surface area contributed by atoms with Crippen LogP contribution in [0.4, 0.5) is 8.78 Å². The number of aryl methyl sites for hydroxylation is 1. The van der Waals surface area contributed by atoms with Gasteiger partial charge in [0, 0.05) is 36.4 Å². The number of pyridine rings is 1. The lowest BCUT2D eigenvalue weighted by molar-refractivity contribution is 0.435. The monoisotopic (exact) mass is 369 g/mol. The van der Waals surface area contributed by atoms with Gasteiger partial charge in [-0.15, -0.1) is 0 Å². The molecule has 6 heteroatoms. The SMILES string of the molecule is Cn1c(=O)c(Cc2ccc(F)cc2F)cc2cnnc(C3CCCCC3)c21. The molecule has 0 atom stereocenters. The Labute approximate surface area is 155 Å². The topological polar surface area (TPSA) is 47.8 Å². The zero-order chi connectivity index (χ0) is 19.0. The third kappa shape index (κ3) is 3.36. The highest BCUT2D eigenvalue weighted by Crippen LogP contribution is 2.34. The van der Waals surface area contributed by atoms with E-state index < -0.39 is 11.6 Å². The Bertz CT molecular complexity index is 1060. The summed E-state index contributed by atoms with van der Waals surface area (Å²) in [6, 6.07) is 5.19. The molecule has 0 bridgehead atoms. The molecular weight excluding hydrogens is 348 g/mol. The van der Waals surface area contributed by atoms with Crippen molar-refractivity contribution in [2.75, 3.05) is 0 Å². The third-order valence-corrected chi connectivity index (χ3v) is 5.51. The average molecular weight is 369 g/mol. The van der Waals surface area contributed by atoms with Gasteiger partial charge >= 0.3 is 0 Å². The minimum absolute atomic E-state index is 0.107. The smallest absolute Gasteiger partial charge is 0.254 e. The molecule has 4 rings (SSSR count). The van der Waals surface area contributed by atoms with Crippen LogP contribution in [0.5, 0.6) is 0 Å². The van der Waals surface area contributed by atoms with Crippen molar-refractivity contribution in [1.29, 1.82) is 0 Å². The Kier molecular flexibility index (Phi) is 4.72. The molecule has 0 saturated heterocycles. The van der Waals surface area contributed by atoms with Crippen molar-refractivity contribution in [3.63, 3.8) is 0 Å². The van der Waals surface area contributed by atoms with Gasteiger partial charge in [0.2, 0.25) is 0 Å². The Morgan fingerprint density at radius 2 is 1.89 bits per heavy atom. The summed E-state index contributed by atoms with van der Waals surface area (Å²) in [7, 11) is 1.73. The predicted molar refractivity (Wildman–Crippen MR) is 99.8 cm³/mol. The average Bonchev–Trinajstić information content (AvgIpc) is 2.68. The Morgan fingerprint density at radius 3 is 2.63 bits per heavy atom. The molecule has 1 fully saturated rings. The van der Waals surface area contributed by atoms with Crippen LogP contribution in [-0.2, 0) is 13.5 Å². The normalized spacial score (nSPS) is 15.4. The first-order valence-electron chi connectivity index (χ1n) is 9.32. The lowest BCUT2D eigenvalue weighted by atomic mass is 9.86. The molecule has 0 amide bonds. The number of halogens is 2. The molecule has 0 aliphatic heterocycles. The second-order valence-electron chi connectivity index (χ2n) is 7.31. The van der Waals surface area contributed by atoms with Crippen LogP contribution in [0.2, 0.25) is 0 Å². The molecule has 0 N–H and O–H groups in total. The molecule has 2 aromatic heterocycles. The Morgan fingerprint density at radius 1 is 1.11 bits per heavy atom. The maximum atomic E-state index is 14.0. The van der Waals surface area contributed by atoms with Crippen LogP contribution in [0.25, 0.3) is 10.9 Å². The number of hydrogen-bond acceptors (Lipinski definition) is 3. The van der Waals surface area contributed by atoms with Crippen LogP contribution < -0.4 is 5.56 Å². The second kappa shape index (κ2) is 7.18. The minimum atomic E-state index is -0.645. The van der Waals surface area contributed by atoms with Crippen molar-refractivity contribution in [3.05, 3.63) is 69.3 Å². The fourth-order valence-corrected chi connectivity index (χ4v) is 4.10. The zero-order valence-corrected chi connectivity index (χ0v) is 15.2. The van der Waals surface area contributed by atoms with Gasteiger partial charge < -0.3 is 4.57 Å². The van der Waals surface area contributed by atoms with Crippen LogP contribution in [-0.4, -0.2) is 14.8 Å². The van der Waals surface area contributed by atoms with Gasteiger partial charge in [0.1, 0.15) is 11.6 Å². The molecule has 2 heterocycles. The van der Waals surface area contributed by atoms with Gasteiger partial charge in [0.05, 0.1) is 17.4 Å². The quantitative estimate of drug-likeness (QED) is 0.694. The summed E-state index contributed by atoms with van der Waals surface area (Å²) < 4.78 is 28.8. The first kappa shape index (κ1) is 17.8. The summed E-state index contributed by atoms with van der Waals surface area (Å²) in [4.78, 5) is 12.9. The summed E-state index contributed by atoms with van der Waals surface area (Å²) in [5.74, 6) is -0.955. The lowest BCUT2D eigenvalue weighted by Crippen LogP contribution is -2.24. The van der Waals surface area contributed by atoms with Gasteiger partial charge in [-0.1, -0.05) is 25.3 Å². The highest BCUT2D eigenvalue weighted by molar-refractivity contribution is 5.81. The van der Waals surface area contributed by atoms with Crippen molar-refractivity contribution in [2.24, 2.45) is 7.05 Å². The van der Waals surface area contributed by atoms with Gasteiger partial charge in [-0.2, -0.15) is 10.2 Å². The van der Waals surface area contributed by atoms with E-state index in [1.165, 1.54) is 31.4 Å². The largest absolute Gasteiger partial charge is 0.309 e. The Hall–Kier alpha value is -2.63.